The maximum Gasteiger partial charge on any atom is 0.0595 e. The second kappa shape index (κ2) is 5.95. The Hall–Kier alpha value is -1.03. The number of nitrogens with zero attached hydrogens (tertiary/aromatic N) is 2. The third-order valence-electron chi connectivity index (χ3n) is 3.25. The van der Waals surface area contributed by atoms with Crippen LogP contribution in [0.5, 0.6) is 0 Å². The minimum absolute atomic E-state index is 0.180. The minimum atomic E-state index is 0.180. The van der Waals surface area contributed by atoms with E-state index in [9.17, 15) is 0 Å². The molecule has 2 atom stereocenters. The second-order valence-corrected chi connectivity index (χ2v) is 5.48. The van der Waals surface area contributed by atoms with Crippen molar-refractivity contribution < 1.29 is 0 Å². The van der Waals surface area contributed by atoms with E-state index in [4.69, 9.17) is 23.2 Å². The van der Waals surface area contributed by atoms with Crippen LogP contribution < -0.4 is 5.32 Å². The first kappa shape index (κ1) is 14.4. The Bertz CT molecular complexity index is 566. The topological polar surface area (TPSA) is 29.9 Å². The molecule has 2 aromatic rings. The van der Waals surface area contributed by atoms with Gasteiger partial charge in [0.2, 0.25) is 0 Å². The van der Waals surface area contributed by atoms with E-state index in [1.165, 1.54) is 0 Å². The normalized spacial score (nSPS) is 14.4. The van der Waals surface area contributed by atoms with Crippen LogP contribution in [-0.4, -0.2) is 9.78 Å². The molecule has 1 N–H and O–H groups in total. The average Bonchev–Trinajstić information content (AvgIpc) is 2.79. The maximum absolute atomic E-state index is 6.05. The molecule has 1 aromatic heterocycles. The Kier molecular flexibility index (Phi) is 4.50. The van der Waals surface area contributed by atoms with E-state index in [0.29, 0.717) is 10.0 Å². The summed E-state index contributed by atoms with van der Waals surface area (Å²) in [6.45, 7) is 4.22. The van der Waals surface area contributed by atoms with Gasteiger partial charge in [0.05, 0.1) is 15.7 Å². The minimum Gasteiger partial charge on any atom is -0.302 e. The number of benzene rings is 1. The van der Waals surface area contributed by atoms with Crippen molar-refractivity contribution in [3.8, 4) is 0 Å². The average molecular weight is 298 g/mol. The molecule has 0 bridgehead atoms. The molecule has 5 heteroatoms. The first-order valence-electron chi connectivity index (χ1n) is 6.18. The molecular weight excluding hydrogens is 281 g/mol. The van der Waals surface area contributed by atoms with Crippen molar-refractivity contribution in [2.24, 2.45) is 7.05 Å². The van der Waals surface area contributed by atoms with Crippen LogP contribution in [-0.2, 0) is 7.05 Å². The first-order valence-corrected chi connectivity index (χ1v) is 6.93. The van der Waals surface area contributed by atoms with Crippen molar-refractivity contribution in [3.05, 3.63) is 51.8 Å². The third kappa shape index (κ3) is 3.30. The van der Waals surface area contributed by atoms with Crippen LogP contribution in [0.4, 0.5) is 0 Å². The van der Waals surface area contributed by atoms with Crippen LogP contribution >= 0.6 is 23.2 Å². The molecule has 102 valence electrons. The molecule has 1 aromatic carbocycles. The molecule has 2 rings (SSSR count). The number of halogens is 2. The van der Waals surface area contributed by atoms with E-state index in [1.807, 2.05) is 36.0 Å². The molecule has 0 amide bonds. The summed E-state index contributed by atoms with van der Waals surface area (Å²) in [5.41, 5.74) is 2.26. The van der Waals surface area contributed by atoms with Crippen LogP contribution in [0.15, 0.2) is 30.5 Å². The standard InChI is InChI=1S/C14H17Cl2N3/c1-9(11-4-5-12(15)13(16)8-11)18-10(2)14-6-7-17-19(14)3/h4-10,18H,1-3H3. The zero-order chi connectivity index (χ0) is 14.0. The summed E-state index contributed by atoms with van der Waals surface area (Å²) in [7, 11) is 1.94. The molecule has 0 radical (unpaired) electrons. The zero-order valence-electron chi connectivity index (χ0n) is 11.2. The fourth-order valence-corrected chi connectivity index (χ4v) is 2.45. The maximum atomic E-state index is 6.05. The van der Waals surface area contributed by atoms with Gasteiger partial charge in [-0.2, -0.15) is 5.10 Å². The predicted molar refractivity (Wildman–Crippen MR) is 79.6 cm³/mol. The Morgan fingerprint density at radius 2 is 1.84 bits per heavy atom. The molecule has 0 saturated heterocycles. The van der Waals surface area contributed by atoms with E-state index in [-0.39, 0.29) is 12.1 Å². The van der Waals surface area contributed by atoms with Crippen molar-refractivity contribution in [3.63, 3.8) is 0 Å². The summed E-state index contributed by atoms with van der Waals surface area (Å²) >= 11 is 12.0. The van der Waals surface area contributed by atoms with E-state index in [2.05, 4.69) is 24.3 Å². The molecule has 3 nitrogen and oxygen atoms in total. The fourth-order valence-electron chi connectivity index (χ4n) is 2.15. The van der Waals surface area contributed by atoms with Gasteiger partial charge in [-0.05, 0) is 37.6 Å². The van der Waals surface area contributed by atoms with Gasteiger partial charge in [-0.1, -0.05) is 29.3 Å². The number of hydrogen-bond acceptors (Lipinski definition) is 2. The van der Waals surface area contributed by atoms with Crippen LogP contribution in [0.1, 0.15) is 37.2 Å². The quantitative estimate of drug-likeness (QED) is 0.919. The molecule has 0 spiro atoms. The zero-order valence-corrected chi connectivity index (χ0v) is 12.7. The van der Waals surface area contributed by atoms with Crippen molar-refractivity contribution in [2.75, 3.05) is 0 Å². The van der Waals surface area contributed by atoms with Crippen LogP contribution in [0, 0.1) is 0 Å². The number of rotatable bonds is 4. The summed E-state index contributed by atoms with van der Waals surface area (Å²) in [4.78, 5) is 0. The van der Waals surface area contributed by atoms with Crippen molar-refractivity contribution in [1.29, 1.82) is 0 Å². The van der Waals surface area contributed by atoms with E-state index in [1.54, 1.807) is 6.20 Å². The van der Waals surface area contributed by atoms with Gasteiger partial charge in [0.15, 0.2) is 0 Å². The van der Waals surface area contributed by atoms with E-state index in [0.717, 1.165) is 11.3 Å². The number of hydrogen-bond donors (Lipinski definition) is 1. The molecular formula is C14H17Cl2N3. The van der Waals surface area contributed by atoms with Gasteiger partial charge >= 0.3 is 0 Å². The second-order valence-electron chi connectivity index (χ2n) is 4.66. The highest BCUT2D eigenvalue weighted by Crippen LogP contribution is 2.26. The summed E-state index contributed by atoms with van der Waals surface area (Å²) in [6.07, 6.45) is 1.80. The monoisotopic (exact) mass is 297 g/mol. The summed E-state index contributed by atoms with van der Waals surface area (Å²) in [6, 6.07) is 8.11. The van der Waals surface area contributed by atoms with Gasteiger partial charge in [0, 0.05) is 25.3 Å². The van der Waals surface area contributed by atoms with E-state index >= 15 is 0 Å². The molecule has 19 heavy (non-hydrogen) atoms. The number of aromatic nitrogens is 2. The molecule has 0 aliphatic rings. The van der Waals surface area contributed by atoms with Gasteiger partial charge in [0.25, 0.3) is 0 Å². The largest absolute Gasteiger partial charge is 0.302 e. The Labute approximate surface area is 123 Å². The smallest absolute Gasteiger partial charge is 0.0595 e. The SMILES string of the molecule is CC(NC(C)c1ccnn1C)c1ccc(Cl)c(Cl)c1. The van der Waals surface area contributed by atoms with E-state index < -0.39 is 0 Å². The highest BCUT2D eigenvalue weighted by molar-refractivity contribution is 6.42. The van der Waals surface area contributed by atoms with Crippen molar-refractivity contribution in [2.45, 2.75) is 25.9 Å². The molecule has 0 aliphatic carbocycles. The lowest BCUT2D eigenvalue weighted by Gasteiger charge is -2.21. The van der Waals surface area contributed by atoms with Gasteiger partial charge in [-0.15, -0.1) is 0 Å². The van der Waals surface area contributed by atoms with Crippen LogP contribution in [0.2, 0.25) is 10.0 Å². The third-order valence-corrected chi connectivity index (χ3v) is 3.99. The van der Waals surface area contributed by atoms with Crippen LogP contribution in [0.25, 0.3) is 0 Å². The highest BCUT2D eigenvalue weighted by atomic mass is 35.5. The fraction of sp³-hybridized carbons (Fsp3) is 0.357. The Morgan fingerprint density at radius 3 is 2.42 bits per heavy atom. The summed E-state index contributed by atoms with van der Waals surface area (Å²) in [5.74, 6) is 0. The predicted octanol–water partition coefficient (Wildman–Crippen LogP) is 4.14. The number of aryl methyl sites for hydroxylation is 1. The van der Waals surface area contributed by atoms with Crippen LogP contribution in [0.3, 0.4) is 0 Å². The molecule has 0 saturated carbocycles. The lowest BCUT2D eigenvalue weighted by atomic mass is 10.1. The molecule has 1 heterocycles. The lowest BCUT2D eigenvalue weighted by molar-refractivity contribution is 0.469. The molecule has 0 fully saturated rings. The highest BCUT2D eigenvalue weighted by Gasteiger charge is 2.14. The Morgan fingerprint density at radius 1 is 1.11 bits per heavy atom. The van der Waals surface area contributed by atoms with Crippen molar-refractivity contribution in [1.82, 2.24) is 15.1 Å². The van der Waals surface area contributed by atoms with Crippen molar-refractivity contribution >= 4 is 23.2 Å². The summed E-state index contributed by atoms with van der Waals surface area (Å²) < 4.78 is 1.87. The molecule has 0 aliphatic heterocycles. The first-order chi connectivity index (χ1) is 8.99. The molecule has 2 unspecified atom stereocenters. The van der Waals surface area contributed by atoms with Gasteiger partial charge in [-0.3, -0.25) is 4.68 Å². The lowest BCUT2D eigenvalue weighted by Crippen LogP contribution is -2.24. The Balaban J connectivity index is 2.10. The summed E-state index contributed by atoms with van der Waals surface area (Å²) in [5, 5.41) is 8.87. The van der Waals surface area contributed by atoms with Gasteiger partial charge in [-0.25, -0.2) is 0 Å². The number of nitrogens with one attached hydrogen (secondary N) is 1. The van der Waals surface area contributed by atoms with Gasteiger partial charge in [0.1, 0.15) is 0 Å². The van der Waals surface area contributed by atoms with Gasteiger partial charge < -0.3 is 5.32 Å².